The van der Waals surface area contributed by atoms with Crippen LogP contribution in [0.5, 0.6) is 0 Å². The highest BCUT2D eigenvalue weighted by Crippen LogP contribution is 2.25. The van der Waals surface area contributed by atoms with E-state index in [0.717, 1.165) is 48.7 Å². The molecule has 1 heterocycles. The monoisotopic (exact) mass is 337 g/mol. The molecule has 5 heteroatoms. The lowest BCUT2D eigenvalue weighted by Crippen LogP contribution is -2.39. The molecule has 0 N–H and O–H groups in total. The number of benzene rings is 1. The molecule has 1 aromatic carbocycles. The molecule has 1 aromatic rings. The number of hydrogen-bond acceptors (Lipinski definition) is 4. The van der Waals surface area contributed by atoms with E-state index in [1.165, 1.54) is 0 Å². The molecule has 1 amide bonds. The molecule has 0 unspecified atom stereocenters. The molecule has 1 fully saturated rings. The minimum atomic E-state index is 0.167. The van der Waals surface area contributed by atoms with Gasteiger partial charge in [-0.1, -0.05) is 19.1 Å². The third-order valence-corrected chi connectivity index (χ3v) is 5.06. The first-order valence-corrected chi connectivity index (χ1v) is 9.32. The van der Waals surface area contributed by atoms with Crippen molar-refractivity contribution in [2.45, 2.75) is 24.7 Å². The second kappa shape index (κ2) is 9.96. The van der Waals surface area contributed by atoms with Crippen LogP contribution in [0.4, 0.5) is 0 Å². The maximum atomic E-state index is 12.8. The van der Waals surface area contributed by atoms with Gasteiger partial charge in [-0.15, -0.1) is 11.8 Å². The number of piperidine rings is 1. The number of likely N-dealkylation sites (tertiary alicyclic amines) is 1. The lowest BCUT2D eigenvalue weighted by atomic mass is 9.97. The highest BCUT2D eigenvalue weighted by molar-refractivity contribution is 7.99. The SMILES string of the molecule is CCSc1ccccc1C(=O)N1CCC(COCCOC)CC1. The van der Waals surface area contributed by atoms with Crippen LogP contribution in [0.25, 0.3) is 0 Å². The predicted octanol–water partition coefficient (Wildman–Crippen LogP) is 3.31. The van der Waals surface area contributed by atoms with Crippen LogP contribution in [0.1, 0.15) is 30.1 Å². The standard InChI is InChI=1S/C18H27NO3S/c1-3-23-17-7-5-4-6-16(17)18(20)19-10-8-15(9-11-19)14-22-13-12-21-2/h4-7,15H,3,8-14H2,1-2H3. The second-order valence-corrected chi connectivity index (χ2v) is 7.04. The van der Waals surface area contributed by atoms with Gasteiger partial charge in [0.05, 0.1) is 18.8 Å². The topological polar surface area (TPSA) is 38.8 Å². The van der Waals surface area contributed by atoms with E-state index in [-0.39, 0.29) is 5.91 Å². The third kappa shape index (κ3) is 5.52. The van der Waals surface area contributed by atoms with Crippen molar-refractivity contribution >= 4 is 17.7 Å². The lowest BCUT2D eigenvalue weighted by molar-refractivity contribution is 0.0326. The van der Waals surface area contributed by atoms with Crippen LogP contribution >= 0.6 is 11.8 Å². The third-order valence-electron chi connectivity index (χ3n) is 4.10. The molecule has 128 valence electrons. The van der Waals surface area contributed by atoms with Crippen molar-refractivity contribution < 1.29 is 14.3 Å². The highest BCUT2D eigenvalue weighted by atomic mass is 32.2. The molecule has 1 aliphatic rings. The Labute approximate surface area is 143 Å². The second-order valence-electron chi connectivity index (χ2n) is 5.73. The van der Waals surface area contributed by atoms with E-state index < -0.39 is 0 Å². The Morgan fingerprint density at radius 3 is 2.70 bits per heavy atom. The fourth-order valence-corrected chi connectivity index (χ4v) is 3.59. The minimum Gasteiger partial charge on any atom is -0.382 e. The van der Waals surface area contributed by atoms with Crippen molar-refractivity contribution in [1.29, 1.82) is 0 Å². The van der Waals surface area contributed by atoms with E-state index in [1.807, 2.05) is 29.2 Å². The molecule has 0 bridgehead atoms. The molecular formula is C18H27NO3S. The van der Waals surface area contributed by atoms with Gasteiger partial charge in [0.1, 0.15) is 0 Å². The first-order valence-electron chi connectivity index (χ1n) is 8.34. The summed E-state index contributed by atoms with van der Waals surface area (Å²) in [6.45, 7) is 5.82. The van der Waals surface area contributed by atoms with Gasteiger partial charge in [0, 0.05) is 31.7 Å². The molecule has 4 nitrogen and oxygen atoms in total. The smallest absolute Gasteiger partial charge is 0.254 e. The zero-order valence-electron chi connectivity index (χ0n) is 14.1. The number of ether oxygens (including phenoxy) is 2. The number of rotatable bonds is 8. The Morgan fingerprint density at radius 1 is 1.26 bits per heavy atom. The Bertz CT molecular complexity index is 487. The Kier molecular flexibility index (Phi) is 7.92. The van der Waals surface area contributed by atoms with Crippen LogP contribution < -0.4 is 0 Å². The molecule has 0 aromatic heterocycles. The Morgan fingerprint density at radius 2 is 2.00 bits per heavy atom. The zero-order chi connectivity index (χ0) is 16.5. The van der Waals surface area contributed by atoms with Crippen molar-refractivity contribution in [3.05, 3.63) is 29.8 Å². The number of carbonyl (C=O) groups excluding carboxylic acids is 1. The Hall–Kier alpha value is -1.04. The summed E-state index contributed by atoms with van der Waals surface area (Å²) in [6.07, 6.45) is 2.03. The van der Waals surface area contributed by atoms with Crippen molar-refractivity contribution in [3.63, 3.8) is 0 Å². The first kappa shape index (κ1) is 18.3. The largest absolute Gasteiger partial charge is 0.382 e. The Balaban J connectivity index is 1.84. The van der Waals surface area contributed by atoms with Gasteiger partial charge in [-0.25, -0.2) is 0 Å². The average Bonchev–Trinajstić information content (AvgIpc) is 2.59. The van der Waals surface area contributed by atoms with Crippen LogP contribution in [0, 0.1) is 5.92 Å². The van der Waals surface area contributed by atoms with Gasteiger partial charge in [0.15, 0.2) is 0 Å². The maximum Gasteiger partial charge on any atom is 0.254 e. The summed E-state index contributed by atoms with van der Waals surface area (Å²) in [6, 6.07) is 7.93. The van der Waals surface area contributed by atoms with Crippen LogP contribution in [-0.4, -0.2) is 56.6 Å². The fraction of sp³-hybridized carbons (Fsp3) is 0.611. The van der Waals surface area contributed by atoms with Crippen molar-refractivity contribution in [2.75, 3.05) is 45.8 Å². The summed E-state index contributed by atoms with van der Waals surface area (Å²) in [5.74, 6) is 1.70. The molecule has 0 spiro atoms. The minimum absolute atomic E-state index is 0.167. The van der Waals surface area contributed by atoms with Gasteiger partial charge in [0.25, 0.3) is 5.91 Å². The van der Waals surface area contributed by atoms with Gasteiger partial charge in [-0.3, -0.25) is 4.79 Å². The van der Waals surface area contributed by atoms with E-state index in [1.54, 1.807) is 18.9 Å². The molecule has 2 rings (SSSR count). The molecule has 23 heavy (non-hydrogen) atoms. The molecule has 0 saturated carbocycles. The molecule has 0 radical (unpaired) electrons. The summed E-state index contributed by atoms with van der Waals surface area (Å²) in [5.41, 5.74) is 0.842. The predicted molar refractivity (Wildman–Crippen MR) is 94.2 cm³/mol. The van der Waals surface area contributed by atoms with Gasteiger partial charge in [-0.05, 0) is 36.6 Å². The summed E-state index contributed by atoms with van der Waals surface area (Å²) in [5, 5.41) is 0. The number of hydrogen-bond donors (Lipinski definition) is 0. The molecular weight excluding hydrogens is 310 g/mol. The van der Waals surface area contributed by atoms with Gasteiger partial charge < -0.3 is 14.4 Å². The van der Waals surface area contributed by atoms with E-state index in [2.05, 4.69) is 6.92 Å². The summed E-state index contributed by atoms with van der Waals surface area (Å²) in [4.78, 5) is 15.8. The average molecular weight is 337 g/mol. The van der Waals surface area contributed by atoms with Crippen molar-refractivity contribution in [3.8, 4) is 0 Å². The summed E-state index contributed by atoms with van der Waals surface area (Å²) in [7, 11) is 1.68. The molecule has 0 aliphatic carbocycles. The number of amides is 1. The normalized spacial score (nSPS) is 15.8. The summed E-state index contributed by atoms with van der Waals surface area (Å²) < 4.78 is 10.6. The van der Waals surface area contributed by atoms with Crippen molar-refractivity contribution in [1.82, 2.24) is 4.90 Å². The fourth-order valence-electron chi connectivity index (χ4n) is 2.79. The number of nitrogens with zero attached hydrogens (tertiary/aromatic N) is 1. The van der Waals surface area contributed by atoms with Gasteiger partial charge in [-0.2, -0.15) is 0 Å². The first-order chi connectivity index (χ1) is 11.3. The molecule has 1 aliphatic heterocycles. The van der Waals surface area contributed by atoms with E-state index in [9.17, 15) is 4.79 Å². The van der Waals surface area contributed by atoms with Gasteiger partial charge in [0.2, 0.25) is 0 Å². The molecule has 1 saturated heterocycles. The summed E-state index contributed by atoms with van der Waals surface area (Å²) >= 11 is 1.73. The zero-order valence-corrected chi connectivity index (χ0v) is 14.9. The van der Waals surface area contributed by atoms with Crippen LogP contribution in [0.15, 0.2) is 29.2 Å². The maximum absolute atomic E-state index is 12.8. The number of methoxy groups -OCH3 is 1. The molecule has 0 atom stereocenters. The lowest BCUT2D eigenvalue weighted by Gasteiger charge is -2.32. The van der Waals surface area contributed by atoms with E-state index >= 15 is 0 Å². The highest BCUT2D eigenvalue weighted by Gasteiger charge is 2.25. The number of thioether (sulfide) groups is 1. The van der Waals surface area contributed by atoms with Gasteiger partial charge >= 0.3 is 0 Å². The van der Waals surface area contributed by atoms with E-state index in [0.29, 0.717) is 19.1 Å². The van der Waals surface area contributed by atoms with Crippen molar-refractivity contribution in [2.24, 2.45) is 5.92 Å². The van der Waals surface area contributed by atoms with E-state index in [4.69, 9.17) is 9.47 Å². The number of carbonyl (C=O) groups is 1. The van der Waals surface area contributed by atoms with Crippen LogP contribution in [0.3, 0.4) is 0 Å². The van der Waals surface area contributed by atoms with Crippen LogP contribution in [0.2, 0.25) is 0 Å². The quantitative estimate of drug-likeness (QED) is 0.539. The van der Waals surface area contributed by atoms with Crippen LogP contribution in [-0.2, 0) is 9.47 Å².